The van der Waals surface area contributed by atoms with Crippen LogP contribution in [0.1, 0.15) is 36.5 Å². The van der Waals surface area contributed by atoms with Crippen LogP contribution in [0.5, 0.6) is 0 Å². The summed E-state index contributed by atoms with van der Waals surface area (Å²) in [4.78, 5) is 26.4. The van der Waals surface area contributed by atoms with Gasteiger partial charge < -0.3 is 15.5 Å². The van der Waals surface area contributed by atoms with E-state index < -0.39 is 0 Å². The van der Waals surface area contributed by atoms with Crippen molar-refractivity contribution in [2.45, 2.75) is 39.7 Å². The standard InChI is InChI=1S/C22H27N3O2/c1-3-7-21(26)24-20-11-6-10-19(16(20)2)23-14-22(27)25-13-12-17-8-4-5-9-18(17)15-25/h4-6,8-11,23H,3,7,12-15H2,1-2H3,(H,24,26). The average molecular weight is 365 g/mol. The van der Waals surface area contributed by atoms with E-state index >= 15 is 0 Å². The van der Waals surface area contributed by atoms with Crippen molar-refractivity contribution in [3.8, 4) is 0 Å². The van der Waals surface area contributed by atoms with Crippen LogP contribution in [0.3, 0.4) is 0 Å². The van der Waals surface area contributed by atoms with E-state index in [4.69, 9.17) is 0 Å². The summed E-state index contributed by atoms with van der Waals surface area (Å²) < 4.78 is 0. The number of fused-ring (bicyclic) bond motifs is 1. The van der Waals surface area contributed by atoms with Crippen molar-refractivity contribution in [2.24, 2.45) is 0 Å². The Morgan fingerprint density at radius 2 is 1.78 bits per heavy atom. The van der Waals surface area contributed by atoms with Gasteiger partial charge in [-0.25, -0.2) is 0 Å². The van der Waals surface area contributed by atoms with Crippen molar-refractivity contribution < 1.29 is 9.59 Å². The van der Waals surface area contributed by atoms with Crippen LogP contribution < -0.4 is 10.6 Å². The maximum absolute atomic E-state index is 12.6. The van der Waals surface area contributed by atoms with Gasteiger partial charge in [-0.05, 0) is 48.6 Å². The average Bonchev–Trinajstić information content (AvgIpc) is 2.68. The number of amides is 2. The minimum absolute atomic E-state index is 0.0146. The molecular formula is C22H27N3O2. The molecule has 1 heterocycles. The highest BCUT2D eigenvalue weighted by atomic mass is 16.2. The van der Waals surface area contributed by atoms with E-state index in [1.807, 2.05) is 49.1 Å². The van der Waals surface area contributed by atoms with Gasteiger partial charge >= 0.3 is 0 Å². The maximum atomic E-state index is 12.6. The summed E-state index contributed by atoms with van der Waals surface area (Å²) in [6, 6.07) is 14.0. The summed E-state index contributed by atoms with van der Waals surface area (Å²) in [5, 5.41) is 6.18. The predicted molar refractivity (Wildman–Crippen MR) is 109 cm³/mol. The monoisotopic (exact) mass is 365 g/mol. The first-order valence-electron chi connectivity index (χ1n) is 9.56. The van der Waals surface area contributed by atoms with Crippen LogP contribution >= 0.6 is 0 Å². The van der Waals surface area contributed by atoms with Crippen LogP contribution in [0.25, 0.3) is 0 Å². The van der Waals surface area contributed by atoms with Crippen LogP contribution in [0.2, 0.25) is 0 Å². The van der Waals surface area contributed by atoms with Crippen molar-refractivity contribution in [3.05, 3.63) is 59.2 Å². The first-order chi connectivity index (χ1) is 13.1. The van der Waals surface area contributed by atoms with Gasteiger partial charge in [-0.15, -0.1) is 0 Å². The van der Waals surface area contributed by atoms with E-state index in [-0.39, 0.29) is 18.4 Å². The maximum Gasteiger partial charge on any atom is 0.242 e. The number of hydrogen-bond donors (Lipinski definition) is 2. The lowest BCUT2D eigenvalue weighted by molar-refractivity contribution is -0.130. The topological polar surface area (TPSA) is 61.4 Å². The minimum atomic E-state index is 0.0146. The molecule has 2 aromatic rings. The molecule has 1 aliphatic rings. The normalized spacial score (nSPS) is 13.0. The van der Waals surface area contributed by atoms with E-state index in [2.05, 4.69) is 22.8 Å². The Balaban J connectivity index is 1.60. The van der Waals surface area contributed by atoms with Crippen LogP contribution in [-0.2, 0) is 22.6 Å². The summed E-state index contributed by atoms with van der Waals surface area (Å²) in [5.41, 5.74) is 5.17. The van der Waals surface area contributed by atoms with Crippen LogP contribution in [-0.4, -0.2) is 29.8 Å². The Kier molecular flexibility index (Phi) is 6.12. The van der Waals surface area contributed by atoms with Gasteiger partial charge in [0.05, 0.1) is 6.54 Å². The Morgan fingerprint density at radius 1 is 1.04 bits per heavy atom. The molecule has 3 rings (SSSR count). The molecule has 142 valence electrons. The lowest BCUT2D eigenvalue weighted by Crippen LogP contribution is -2.39. The summed E-state index contributed by atoms with van der Waals surface area (Å²) in [6.07, 6.45) is 2.22. The largest absolute Gasteiger partial charge is 0.376 e. The summed E-state index contributed by atoms with van der Waals surface area (Å²) >= 11 is 0. The molecule has 2 aromatic carbocycles. The van der Waals surface area contributed by atoms with Gasteiger partial charge in [0.1, 0.15) is 0 Å². The number of hydrogen-bond acceptors (Lipinski definition) is 3. The summed E-state index contributed by atoms with van der Waals surface area (Å²) in [7, 11) is 0. The Hall–Kier alpha value is -2.82. The van der Waals surface area contributed by atoms with E-state index in [9.17, 15) is 9.59 Å². The predicted octanol–water partition coefficient (Wildman–Crippen LogP) is 3.73. The molecule has 5 heteroatoms. The molecule has 0 aromatic heterocycles. The fraction of sp³-hybridized carbons (Fsp3) is 0.364. The number of benzene rings is 2. The van der Waals surface area contributed by atoms with Crippen LogP contribution in [0.4, 0.5) is 11.4 Å². The fourth-order valence-corrected chi connectivity index (χ4v) is 3.39. The first-order valence-corrected chi connectivity index (χ1v) is 9.56. The molecule has 0 radical (unpaired) electrons. The number of anilines is 2. The molecular weight excluding hydrogens is 338 g/mol. The van der Waals surface area contributed by atoms with Gasteiger partial charge in [0.2, 0.25) is 11.8 Å². The van der Waals surface area contributed by atoms with Gasteiger partial charge in [0, 0.05) is 30.9 Å². The molecule has 0 saturated carbocycles. The zero-order chi connectivity index (χ0) is 19.2. The first kappa shape index (κ1) is 19.0. The third kappa shape index (κ3) is 4.67. The van der Waals surface area contributed by atoms with E-state index in [1.165, 1.54) is 11.1 Å². The third-order valence-corrected chi connectivity index (χ3v) is 5.00. The molecule has 0 bridgehead atoms. The highest BCUT2D eigenvalue weighted by molar-refractivity contribution is 5.92. The fourth-order valence-electron chi connectivity index (χ4n) is 3.39. The molecule has 5 nitrogen and oxygen atoms in total. The lowest BCUT2D eigenvalue weighted by Gasteiger charge is -2.29. The quantitative estimate of drug-likeness (QED) is 0.820. The molecule has 0 spiro atoms. The smallest absolute Gasteiger partial charge is 0.242 e. The molecule has 0 atom stereocenters. The second-order valence-corrected chi connectivity index (χ2v) is 6.96. The summed E-state index contributed by atoms with van der Waals surface area (Å²) in [5.74, 6) is 0.102. The van der Waals surface area contributed by atoms with Crippen LogP contribution in [0, 0.1) is 6.92 Å². The number of nitrogens with one attached hydrogen (secondary N) is 2. The zero-order valence-corrected chi connectivity index (χ0v) is 16.0. The van der Waals surface area contributed by atoms with E-state index in [0.29, 0.717) is 13.0 Å². The molecule has 2 N–H and O–H groups in total. The molecule has 0 aliphatic carbocycles. The highest BCUT2D eigenvalue weighted by Crippen LogP contribution is 2.24. The number of carbonyl (C=O) groups is 2. The molecule has 0 fully saturated rings. The molecule has 0 unspecified atom stereocenters. The van der Waals surface area contributed by atoms with Crippen molar-refractivity contribution in [1.29, 1.82) is 0 Å². The molecule has 2 amide bonds. The number of rotatable bonds is 6. The third-order valence-electron chi connectivity index (χ3n) is 5.00. The number of nitrogens with zero attached hydrogens (tertiary/aromatic N) is 1. The SMILES string of the molecule is CCCC(=O)Nc1cccc(NCC(=O)N2CCc3ccccc3C2)c1C. The van der Waals surface area contributed by atoms with Crippen molar-refractivity contribution in [3.63, 3.8) is 0 Å². The highest BCUT2D eigenvalue weighted by Gasteiger charge is 2.20. The Bertz CT molecular complexity index is 832. The minimum Gasteiger partial charge on any atom is -0.376 e. The van der Waals surface area contributed by atoms with Gasteiger partial charge in [0.25, 0.3) is 0 Å². The van der Waals surface area contributed by atoms with Crippen molar-refractivity contribution >= 4 is 23.2 Å². The second-order valence-electron chi connectivity index (χ2n) is 6.96. The molecule has 1 aliphatic heterocycles. The van der Waals surface area contributed by atoms with Gasteiger partial charge in [0.15, 0.2) is 0 Å². The number of carbonyl (C=O) groups excluding carboxylic acids is 2. The van der Waals surface area contributed by atoms with E-state index in [1.54, 1.807) is 0 Å². The molecule has 0 saturated heterocycles. The van der Waals surface area contributed by atoms with Gasteiger partial charge in [-0.2, -0.15) is 0 Å². The van der Waals surface area contributed by atoms with Crippen molar-refractivity contribution in [2.75, 3.05) is 23.7 Å². The summed E-state index contributed by atoms with van der Waals surface area (Å²) in [6.45, 7) is 5.60. The van der Waals surface area contributed by atoms with Crippen molar-refractivity contribution in [1.82, 2.24) is 4.90 Å². The van der Waals surface area contributed by atoms with Crippen LogP contribution in [0.15, 0.2) is 42.5 Å². The lowest BCUT2D eigenvalue weighted by atomic mass is 10.00. The zero-order valence-electron chi connectivity index (χ0n) is 16.0. The Labute approximate surface area is 160 Å². The molecule has 27 heavy (non-hydrogen) atoms. The second kappa shape index (κ2) is 8.71. The van der Waals surface area contributed by atoms with E-state index in [0.717, 1.165) is 36.3 Å². The van der Waals surface area contributed by atoms with Gasteiger partial charge in [-0.3, -0.25) is 9.59 Å². The van der Waals surface area contributed by atoms with Gasteiger partial charge in [-0.1, -0.05) is 37.3 Å². The Morgan fingerprint density at radius 3 is 2.56 bits per heavy atom.